The van der Waals surface area contributed by atoms with Gasteiger partial charge in [-0.15, -0.1) is 0 Å². The van der Waals surface area contributed by atoms with Crippen LogP contribution in [0.4, 0.5) is 0 Å². The molecular weight excluding hydrogens is 314 g/mol. The normalized spacial score (nSPS) is 17.0. The number of rotatable bonds is 6. The molecule has 1 heterocycles. The van der Waals surface area contributed by atoms with Crippen LogP contribution in [0.1, 0.15) is 29.7 Å². The summed E-state index contributed by atoms with van der Waals surface area (Å²) in [5.41, 5.74) is 3.98. The van der Waals surface area contributed by atoms with Gasteiger partial charge in [0.1, 0.15) is 5.75 Å². The van der Waals surface area contributed by atoms with Crippen LogP contribution in [0.15, 0.2) is 36.4 Å². The highest BCUT2D eigenvalue weighted by Gasteiger charge is 2.28. The van der Waals surface area contributed by atoms with Crippen molar-refractivity contribution in [3.05, 3.63) is 53.1 Å². The molecule has 0 fully saturated rings. The van der Waals surface area contributed by atoms with Gasteiger partial charge in [-0.25, -0.2) is 0 Å². The molecule has 2 aromatic carbocycles. The minimum atomic E-state index is 0.334. The summed E-state index contributed by atoms with van der Waals surface area (Å²) < 4.78 is 16.4. The summed E-state index contributed by atoms with van der Waals surface area (Å²) in [6, 6.07) is 13.0. The molecule has 1 aliphatic heterocycles. The summed E-state index contributed by atoms with van der Waals surface area (Å²) in [5, 5.41) is 0. The van der Waals surface area contributed by atoms with Gasteiger partial charge in [-0.3, -0.25) is 4.90 Å². The summed E-state index contributed by atoms with van der Waals surface area (Å²) in [4.78, 5) is 2.54. The van der Waals surface area contributed by atoms with E-state index in [0.29, 0.717) is 6.04 Å². The van der Waals surface area contributed by atoms with E-state index >= 15 is 0 Å². The monoisotopic (exact) mass is 341 g/mol. The van der Waals surface area contributed by atoms with Crippen LogP contribution in [0, 0.1) is 0 Å². The van der Waals surface area contributed by atoms with Crippen LogP contribution < -0.4 is 14.2 Å². The number of ether oxygens (including phenoxy) is 3. The molecular formula is C21H27NO3. The predicted octanol–water partition coefficient (Wildman–Crippen LogP) is 3.87. The molecule has 0 bridgehead atoms. The third-order valence-corrected chi connectivity index (χ3v) is 5.08. The lowest BCUT2D eigenvalue weighted by molar-refractivity contribution is 0.193. The van der Waals surface area contributed by atoms with Gasteiger partial charge < -0.3 is 14.2 Å². The molecule has 0 spiro atoms. The van der Waals surface area contributed by atoms with E-state index in [0.717, 1.165) is 43.2 Å². The SMILES string of the molecule is CCN1CCc2cc(OC)c(OC)cc2[C@H]1Cc1cccc(OC)c1. The zero-order valence-electron chi connectivity index (χ0n) is 15.5. The molecule has 134 valence electrons. The zero-order valence-corrected chi connectivity index (χ0v) is 15.5. The van der Waals surface area contributed by atoms with Crippen LogP contribution in [0.3, 0.4) is 0 Å². The predicted molar refractivity (Wildman–Crippen MR) is 99.9 cm³/mol. The second-order valence-corrected chi connectivity index (χ2v) is 6.36. The van der Waals surface area contributed by atoms with E-state index in [1.807, 2.05) is 6.07 Å². The van der Waals surface area contributed by atoms with E-state index in [2.05, 4.69) is 42.2 Å². The summed E-state index contributed by atoms with van der Waals surface area (Å²) in [7, 11) is 5.10. The van der Waals surface area contributed by atoms with Crippen molar-refractivity contribution in [3.63, 3.8) is 0 Å². The van der Waals surface area contributed by atoms with E-state index in [-0.39, 0.29) is 0 Å². The van der Waals surface area contributed by atoms with Crippen LogP contribution in [-0.4, -0.2) is 39.3 Å². The Morgan fingerprint density at radius 3 is 2.44 bits per heavy atom. The maximum Gasteiger partial charge on any atom is 0.161 e. The Hall–Kier alpha value is -2.20. The van der Waals surface area contributed by atoms with Crippen LogP contribution in [0.5, 0.6) is 17.2 Å². The molecule has 0 unspecified atom stereocenters. The molecule has 4 nitrogen and oxygen atoms in total. The van der Waals surface area contributed by atoms with Crippen LogP contribution in [0.25, 0.3) is 0 Å². The average molecular weight is 341 g/mol. The molecule has 0 amide bonds. The maximum absolute atomic E-state index is 5.54. The van der Waals surface area contributed by atoms with Gasteiger partial charge in [0.05, 0.1) is 21.3 Å². The molecule has 0 aliphatic carbocycles. The molecule has 0 saturated carbocycles. The number of methoxy groups -OCH3 is 3. The van der Waals surface area contributed by atoms with E-state index in [4.69, 9.17) is 14.2 Å². The Morgan fingerprint density at radius 1 is 1.00 bits per heavy atom. The minimum absolute atomic E-state index is 0.334. The fourth-order valence-electron chi connectivity index (χ4n) is 3.72. The molecule has 4 heteroatoms. The van der Waals surface area contributed by atoms with Gasteiger partial charge >= 0.3 is 0 Å². The lowest BCUT2D eigenvalue weighted by Crippen LogP contribution is -2.36. The molecule has 0 radical (unpaired) electrons. The molecule has 0 N–H and O–H groups in total. The Kier molecular flexibility index (Phi) is 5.49. The summed E-state index contributed by atoms with van der Waals surface area (Å²) in [5.74, 6) is 2.52. The van der Waals surface area contributed by atoms with Gasteiger partial charge in [0.25, 0.3) is 0 Å². The van der Waals surface area contributed by atoms with Crippen molar-refractivity contribution >= 4 is 0 Å². The van der Waals surface area contributed by atoms with Crippen molar-refractivity contribution < 1.29 is 14.2 Å². The lowest BCUT2D eigenvalue weighted by atomic mass is 9.88. The molecule has 0 aromatic heterocycles. The molecule has 0 saturated heterocycles. The van der Waals surface area contributed by atoms with E-state index < -0.39 is 0 Å². The highest BCUT2D eigenvalue weighted by Crippen LogP contribution is 2.39. The smallest absolute Gasteiger partial charge is 0.161 e. The first-order valence-corrected chi connectivity index (χ1v) is 8.81. The molecule has 2 aromatic rings. The van der Waals surface area contributed by atoms with E-state index in [1.54, 1.807) is 21.3 Å². The second-order valence-electron chi connectivity index (χ2n) is 6.36. The van der Waals surface area contributed by atoms with Gasteiger partial charge in [-0.05, 0) is 60.3 Å². The van der Waals surface area contributed by atoms with Gasteiger partial charge in [0.2, 0.25) is 0 Å². The summed E-state index contributed by atoms with van der Waals surface area (Å²) >= 11 is 0. The van der Waals surface area contributed by atoms with Gasteiger partial charge in [-0.1, -0.05) is 19.1 Å². The first kappa shape index (κ1) is 17.6. The van der Waals surface area contributed by atoms with E-state index in [9.17, 15) is 0 Å². The van der Waals surface area contributed by atoms with Gasteiger partial charge in [-0.2, -0.15) is 0 Å². The Labute approximate surface area is 150 Å². The van der Waals surface area contributed by atoms with Crippen molar-refractivity contribution in [2.75, 3.05) is 34.4 Å². The quantitative estimate of drug-likeness (QED) is 0.798. The Bertz CT molecular complexity index is 729. The highest BCUT2D eigenvalue weighted by atomic mass is 16.5. The molecule has 25 heavy (non-hydrogen) atoms. The van der Waals surface area contributed by atoms with E-state index in [1.165, 1.54) is 16.7 Å². The minimum Gasteiger partial charge on any atom is -0.497 e. The number of fused-ring (bicyclic) bond motifs is 1. The Morgan fingerprint density at radius 2 is 1.76 bits per heavy atom. The molecule has 1 atom stereocenters. The first-order valence-electron chi connectivity index (χ1n) is 8.81. The fourth-order valence-corrected chi connectivity index (χ4v) is 3.72. The number of hydrogen-bond acceptors (Lipinski definition) is 4. The largest absolute Gasteiger partial charge is 0.497 e. The average Bonchev–Trinajstić information content (AvgIpc) is 2.67. The van der Waals surface area contributed by atoms with Crippen molar-refractivity contribution in [3.8, 4) is 17.2 Å². The topological polar surface area (TPSA) is 30.9 Å². The first-order chi connectivity index (χ1) is 12.2. The Balaban J connectivity index is 1.99. The third-order valence-electron chi connectivity index (χ3n) is 5.08. The standard InChI is InChI=1S/C21H27NO3/c1-5-22-10-9-16-13-20(24-3)21(25-4)14-18(16)19(22)12-15-7-6-8-17(11-15)23-2/h6-8,11,13-14,19H,5,9-10,12H2,1-4H3/t19-/m1/s1. The number of benzene rings is 2. The van der Waals surface area contributed by atoms with Crippen LogP contribution in [-0.2, 0) is 12.8 Å². The van der Waals surface area contributed by atoms with Gasteiger partial charge in [0, 0.05) is 12.6 Å². The zero-order chi connectivity index (χ0) is 17.8. The number of likely N-dealkylation sites (N-methyl/N-ethyl adjacent to an activating group) is 1. The lowest BCUT2D eigenvalue weighted by Gasteiger charge is -2.37. The maximum atomic E-state index is 5.54. The molecule has 3 rings (SSSR count). The summed E-state index contributed by atoms with van der Waals surface area (Å²) in [6.45, 7) is 4.32. The second kappa shape index (κ2) is 7.79. The van der Waals surface area contributed by atoms with Crippen molar-refractivity contribution in [2.24, 2.45) is 0 Å². The number of nitrogens with zero attached hydrogens (tertiary/aromatic N) is 1. The van der Waals surface area contributed by atoms with Crippen molar-refractivity contribution in [2.45, 2.75) is 25.8 Å². The fraction of sp³-hybridized carbons (Fsp3) is 0.429. The van der Waals surface area contributed by atoms with Crippen LogP contribution >= 0.6 is 0 Å². The number of hydrogen-bond donors (Lipinski definition) is 0. The molecule has 1 aliphatic rings. The van der Waals surface area contributed by atoms with Crippen LogP contribution in [0.2, 0.25) is 0 Å². The summed E-state index contributed by atoms with van der Waals surface area (Å²) in [6.07, 6.45) is 1.99. The third kappa shape index (κ3) is 3.59. The highest BCUT2D eigenvalue weighted by molar-refractivity contribution is 5.50. The van der Waals surface area contributed by atoms with Gasteiger partial charge in [0.15, 0.2) is 11.5 Å². The van der Waals surface area contributed by atoms with Crippen molar-refractivity contribution in [1.82, 2.24) is 4.90 Å². The van der Waals surface area contributed by atoms with Crippen molar-refractivity contribution in [1.29, 1.82) is 0 Å².